The lowest BCUT2D eigenvalue weighted by atomic mass is 9.88. The number of nitrogens with two attached hydrogens (primary N) is 1. The van der Waals surface area contributed by atoms with Crippen molar-refractivity contribution >= 4 is 5.91 Å². The molecule has 2 saturated heterocycles. The molecule has 0 radical (unpaired) electrons. The van der Waals surface area contributed by atoms with Crippen LogP contribution in [0.4, 0.5) is 0 Å². The van der Waals surface area contributed by atoms with E-state index in [0.717, 1.165) is 25.2 Å². The largest absolute Gasteiger partial charge is 0.389 e. The zero-order valence-corrected chi connectivity index (χ0v) is 19.3. The smallest absolute Gasteiger partial charge is 0.225 e. The highest BCUT2D eigenvalue weighted by atomic mass is 16.7. The van der Waals surface area contributed by atoms with Gasteiger partial charge in [0.25, 0.3) is 0 Å². The average Bonchev–Trinajstić information content (AvgIpc) is 2.73. The third-order valence-corrected chi connectivity index (χ3v) is 7.10. The van der Waals surface area contributed by atoms with E-state index in [-0.39, 0.29) is 17.9 Å². The van der Waals surface area contributed by atoms with E-state index < -0.39 is 30.6 Å². The SMILES string of the molecule is CC[C@@H]1CCCNC(=O)[C@H](C)[C@@H](O[C@H]2O[C@@H](C)[C@H](O)[C@@H](N)[C@@H]2O)CC[C@H](C)CCC1. The molecule has 5 N–H and O–H groups in total. The maximum absolute atomic E-state index is 12.8. The van der Waals surface area contributed by atoms with E-state index in [1.54, 1.807) is 6.92 Å². The highest BCUT2D eigenvalue weighted by Crippen LogP contribution is 2.28. The van der Waals surface area contributed by atoms with Gasteiger partial charge in [-0.05, 0) is 44.4 Å². The van der Waals surface area contributed by atoms with Gasteiger partial charge in [0.15, 0.2) is 6.29 Å². The summed E-state index contributed by atoms with van der Waals surface area (Å²) in [6, 6.07) is -0.841. The molecule has 0 unspecified atom stereocenters. The minimum Gasteiger partial charge on any atom is -0.389 e. The van der Waals surface area contributed by atoms with Gasteiger partial charge in [0.1, 0.15) is 6.10 Å². The van der Waals surface area contributed by atoms with Crippen LogP contribution in [0, 0.1) is 17.8 Å². The standard InChI is InChI=1S/C23H44N2O5/c1-5-17-9-6-8-14(2)11-12-18(15(3)22(28)25-13-7-10-17)30-23-21(27)19(24)20(26)16(4)29-23/h14-21,23,26-27H,5-13,24H2,1-4H3,(H,25,28)/t14-,15-,16+,17+,18+,19-,20+,21+,23-/m1/s1. The summed E-state index contributed by atoms with van der Waals surface area (Å²) in [5.74, 6) is 0.903. The molecule has 1 amide bonds. The van der Waals surface area contributed by atoms with Gasteiger partial charge in [-0.2, -0.15) is 0 Å². The Morgan fingerprint density at radius 1 is 1.07 bits per heavy atom. The zero-order chi connectivity index (χ0) is 22.3. The number of rotatable bonds is 3. The number of hydrogen-bond acceptors (Lipinski definition) is 6. The fourth-order valence-corrected chi connectivity index (χ4v) is 4.62. The molecule has 0 saturated carbocycles. The van der Waals surface area contributed by atoms with Crippen molar-refractivity contribution in [2.24, 2.45) is 23.5 Å². The Morgan fingerprint density at radius 2 is 1.77 bits per heavy atom. The van der Waals surface area contributed by atoms with Gasteiger partial charge < -0.3 is 30.7 Å². The fourth-order valence-electron chi connectivity index (χ4n) is 4.62. The Bertz CT molecular complexity index is 520. The van der Waals surface area contributed by atoms with Crippen molar-refractivity contribution in [2.45, 2.75) is 116 Å². The summed E-state index contributed by atoms with van der Waals surface area (Å²) in [6.07, 6.45) is 4.73. The molecule has 2 aliphatic heterocycles. The van der Waals surface area contributed by atoms with E-state index in [9.17, 15) is 15.0 Å². The maximum Gasteiger partial charge on any atom is 0.225 e. The molecule has 0 aromatic carbocycles. The van der Waals surface area contributed by atoms with Gasteiger partial charge in [0, 0.05) is 6.54 Å². The fraction of sp³-hybridized carbons (Fsp3) is 0.957. The van der Waals surface area contributed by atoms with Crippen LogP contribution in [0.15, 0.2) is 0 Å². The average molecular weight is 429 g/mol. The third kappa shape index (κ3) is 7.16. The molecule has 0 spiro atoms. The predicted molar refractivity (Wildman–Crippen MR) is 117 cm³/mol. The first-order chi connectivity index (χ1) is 14.2. The Morgan fingerprint density at radius 3 is 2.47 bits per heavy atom. The summed E-state index contributed by atoms with van der Waals surface area (Å²) < 4.78 is 11.8. The summed E-state index contributed by atoms with van der Waals surface area (Å²) in [5, 5.41) is 23.5. The molecular formula is C23H44N2O5. The Labute approximate surface area is 182 Å². The van der Waals surface area contributed by atoms with Crippen molar-refractivity contribution in [1.82, 2.24) is 5.32 Å². The molecule has 0 aromatic rings. The predicted octanol–water partition coefficient (Wildman–Crippen LogP) is 2.32. The van der Waals surface area contributed by atoms with Gasteiger partial charge in [-0.25, -0.2) is 0 Å². The van der Waals surface area contributed by atoms with Crippen LogP contribution in [0.5, 0.6) is 0 Å². The zero-order valence-electron chi connectivity index (χ0n) is 19.3. The topological polar surface area (TPSA) is 114 Å². The Kier molecular flexibility index (Phi) is 10.5. The van der Waals surface area contributed by atoms with Crippen LogP contribution in [0.3, 0.4) is 0 Å². The van der Waals surface area contributed by atoms with Gasteiger partial charge >= 0.3 is 0 Å². The number of ether oxygens (including phenoxy) is 2. The van der Waals surface area contributed by atoms with E-state index in [2.05, 4.69) is 19.2 Å². The summed E-state index contributed by atoms with van der Waals surface area (Å²) in [7, 11) is 0. The first-order valence-corrected chi connectivity index (χ1v) is 11.9. The second-order valence-corrected chi connectivity index (χ2v) is 9.55. The molecule has 0 aliphatic carbocycles. The number of carbonyl (C=O) groups excluding carboxylic acids is 1. The van der Waals surface area contributed by atoms with Gasteiger partial charge in [-0.15, -0.1) is 0 Å². The molecular weight excluding hydrogens is 384 g/mol. The van der Waals surface area contributed by atoms with Crippen LogP contribution in [0.1, 0.15) is 79.1 Å². The second kappa shape index (κ2) is 12.3. The molecule has 7 heteroatoms. The quantitative estimate of drug-likeness (QED) is 0.549. The van der Waals surface area contributed by atoms with Crippen LogP contribution in [0.2, 0.25) is 0 Å². The normalized spacial score (nSPS) is 42.9. The molecule has 2 fully saturated rings. The van der Waals surface area contributed by atoms with Crippen molar-refractivity contribution in [3.05, 3.63) is 0 Å². The van der Waals surface area contributed by atoms with Gasteiger partial charge in [-0.3, -0.25) is 4.79 Å². The molecule has 30 heavy (non-hydrogen) atoms. The summed E-state index contributed by atoms with van der Waals surface area (Å²) >= 11 is 0. The lowest BCUT2D eigenvalue weighted by Crippen LogP contribution is -2.62. The highest BCUT2D eigenvalue weighted by Gasteiger charge is 2.43. The number of hydrogen-bond donors (Lipinski definition) is 4. The molecule has 0 aromatic heterocycles. The summed E-state index contributed by atoms with van der Waals surface area (Å²) in [5.41, 5.74) is 5.95. The minimum atomic E-state index is -1.14. The first kappa shape index (κ1) is 25.5. The Balaban J connectivity index is 2.05. The molecule has 0 bridgehead atoms. The van der Waals surface area contributed by atoms with Crippen LogP contribution in [0.25, 0.3) is 0 Å². The van der Waals surface area contributed by atoms with Crippen LogP contribution in [-0.4, -0.2) is 59.4 Å². The van der Waals surface area contributed by atoms with Crippen molar-refractivity contribution in [3.8, 4) is 0 Å². The Hall–Kier alpha value is -0.730. The van der Waals surface area contributed by atoms with Crippen molar-refractivity contribution < 1.29 is 24.5 Å². The summed E-state index contributed by atoms with van der Waals surface area (Å²) in [4.78, 5) is 12.8. The van der Waals surface area contributed by atoms with Crippen LogP contribution in [-0.2, 0) is 14.3 Å². The lowest BCUT2D eigenvalue weighted by molar-refractivity contribution is -0.284. The van der Waals surface area contributed by atoms with Crippen molar-refractivity contribution in [1.29, 1.82) is 0 Å². The first-order valence-electron chi connectivity index (χ1n) is 11.9. The number of carbonyl (C=O) groups is 1. The van der Waals surface area contributed by atoms with Gasteiger partial charge in [-0.1, -0.05) is 46.5 Å². The molecule has 2 rings (SSSR count). The van der Waals surface area contributed by atoms with E-state index in [0.29, 0.717) is 18.9 Å². The second-order valence-electron chi connectivity index (χ2n) is 9.55. The van der Waals surface area contributed by atoms with E-state index in [4.69, 9.17) is 15.2 Å². The summed E-state index contributed by atoms with van der Waals surface area (Å²) in [6.45, 7) is 8.78. The molecule has 9 atom stereocenters. The number of amides is 1. The number of aliphatic hydroxyl groups is 2. The number of nitrogens with one attached hydrogen (secondary N) is 1. The molecule has 176 valence electrons. The van der Waals surface area contributed by atoms with E-state index in [1.807, 2.05) is 6.92 Å². The van der Waals surface area contributed by atoms with E-state index >= 15 is 0 Å². The number of aliphatic hydroxyl groups excluding tert-OH is 2. The minimum absolute atomic E-state index is 0.0274. The molecule has 2 heterocycles. The van der Waals surface area contributed by atoms with E-state index in [1.165, 1.54) is 25.7 Å². The molecule has 7 nitrogen and oxygen atoms in total. The highest BCUT2D eigenvalue weighted by molar-refractivity contribution is 5.78. The third-order valence-electron chi connectivity index (χ3n) is 7.10. The lowest BCUT2D eigenvalue weighted by Gasteiger charge is -2.41. The van der Waals surface area contributed by atoms with Crippen molar-refractivity contribution in [2.75, 3.05) is 6.54 Å². The monoisotopic (exact) mass is 428 g/mol. The molecule has 2 aliphatic rings. The van der Waals surface area contributed by atoms with Gasteiger partial charge in [0.05, 0.1) is 30.3 Å². The van der Waals surface area contributed by atoms with Crippen LogP contribution < -0.4 is 11.1 Å². The maximum atomic E-state index is 12.8. The van der Waals surface area contributed by atoms with Crippen molar-refractivity contribution in [3.63, 3.8) is 0 Å². The van der Waals surface area contributed by atoms with Gasteiger partial charge in [0.2, 0.25) is 5.91 Å². The van der Waals surface area contributed by atoms with Crippen LogP contribution >= 0.6 is 0 Å².